The van der Waals surface area contributed by atoms with Crippen molar-refractivity contribution < 1.29 is 9.59 Å². The Morgan fingerprint density at radius 3 is 2.41 bits per heavy atom. The van der Waals surface area contributed by atoms with Crippen molar-refractivity contribution in [3.05, 3.63) is 58.9 Å². The first-order valence-corrected chi connectivity index (χ1v) is 10.1. The highest BCUT2D eigenvalue weighted by atomic mass is 32.2. The van der Waals surface area contributed by atoms with Crippen LogP contribution >= 0.6 is 24.0 Å². The topological polar surface area (TPSA) is 83.0 Å². The molecule has 0 unspecified atom stereocenters. The molecule has 2 N–H and O–H groups in total. The molecule has 9 heteroatoms. The summed E-state index contributed by atoms with van der Waals surface area (Å²) in [6.07, 6.45) is 0. The lowest BCUT2D eigenvalue weighted by atomic mass is 10.1. The smallest absolute Gasteiger partial charge is 0.285 e. The molecule has 3 aromatic rings. The predicted octanol–water partition coefficient (Wildman–Crippen LogP) is 4.33. The van der Waals surface area contributed by atoms with Gasteiger partial charge < -0.3 is 10.2 Å². The first-order chi connectivity index (χ1) is 13.8. The second kappa shape index (κ2) is 9.06. The summed E-state index contributed by atoms with van der Waals surface area (Å²) in [4.78, 5) is 26.6. The fraction of sp³-hybridized carbons (Fsp3) is 0.200. The number of hydrogen-bond donors (Lipinski definition) is 2. The summed E-state index contributed by atoms with van der Waals surface area (Å²) in [5, 5.41) is 9.80. The number of rotatable bonds is 5. The van der Waals surface area contributed by atoms with Gasteiger partial charge in [-0.2, -0.15) is 5.10 Å². The van der Waals surface area contributed by atoms with Gasteiger partial charge in [-0.3, -0.25) is 19.3 Å². The van der Waals surface area contributed by atoms with Crippen molar-refractivity contribution in [3.8, 4) is 11.4 Å². The Morgan fingerprint density at radius 2 is 1.79 bits per heavy atom. The zero-order valence-corrected chi connectivity index (χ0v) is 17.9. The van der Waals surface area contributed by atoms with E-state index in [4.69, 9.17) is 12.2 Å². The van der Waals surface area contributed by atoms with Crippen molar-refractivity contribution in [2.75, 3.05) is 19.4 Å². The number of carbonyl (C=O) groups excluding carboxylic acids is 2. The molecule has 0 saturated heterocycles. The lowest BCUT2D eigenvalue weighted by Gasteiger charge is -2.10. The Morgan fingerprint density at radius 1 is 1.14 bits per heavy atom. The second-order valence-corrected chi connectivity index (χ2v) is 8.05. The van der Waals surface area contributed by atoms with Crippen LogP contribution in [0.2, 0.25) is 0 Å². The average molecular weight is 428 g/mol. The monoisotopic (exact) mass is 427 g/mol. The van der Waals surface area contributed by atoms with E-state index in [9.17, 15) is 9.59 Å². The molecular formula is C20H21N5O2S2. The first-order valence-electron chi connectivity index (χ1n) is 8.85. The summed E-state index contributed by atoms with van der Waals surface area (Å²) in [7, 11) is 3.41. The fourth-order valence-corrected chi connectivity index (χ4v) is 3.38. The quantitative estimate of drug-likeness (QED) is 0.468. The number of benzene rings is 2. The average Bonchev–Trinajstić information content (AvgIpc) is 3.04. The van der Waals surface area contributed by atoms with Crippen LogP contribution in [0, 0.1) is 11.7 Å². The Balaban J connectivity index is 1.69. The zero-order valence-electron chi connectivity index (χ0n) is 16.3. The summed E-state index contributed by atoms with van der Waals surface area (Å²) < 4.78 is 2.04. The molecule has 150 valence electrons. The maximum Gasteiger partial charge on any atom is 0.285 e. The molecule has 1 aromatic heterocycles. The van der Waals surface area contributed by atoms with E-state index in [1.807, 2.05) is 31.2 Å². The molecule has 0 radical (unpaired) electrons. The first kappa shape index (κ1) is 20.8. The van der Waals surface area contributed by atoms with E-state index in [0.29, 0.717) is 16.3 Å². The summed E-state index contributed by atoms with van der Waals surface area (Å²) in [5.41, 5.74) is 2.66. The third-order valence-corrected chi connectivity index (χ3v) is 5.44. The molecule has 7 nitrogen and oxygen atoms in total. The zero-order chi connectivity index (χ0) is 21.0. The van der Waals surface area contributed by atoms with Gasteiger partial charge in [-0.15, -0.1) is 0 Å². The van der Waals surface area contributed by atoms with E-state index >= 15 is 0 Å². The van der Waals surface area contributed by atoms with Gasteiger partial charge in [0.1, 0.15) is 6.54 Å². The second-order valence-electron chi connectivity index (χ2n) is 6.64. The third-order valence-electron chi connectivity index (χ3n) is 4.08. The van der Waals surface area contributed by atoms with Crippen LogP contribution in [0.4, 0.5) is 10.5 Å². The number of carbonyl (C=O) groups is 2. The minimum Gasteiger partial charge on any atom is -0.339 e. The van der Waals surface area contributed by atoms with Gasteiger partial charge in [0, 0.05) is 30.2 Å². The largest absolute Gasteiger partial charge is 0.339 e. The van der Waals surface area contributed by atoms with Crippen LogP contribution in [0.25, 0.3) is 11.4 Å². The number of hydrogen-bond acceptors (Lipinski definition) is 5. The van der Waals surface area contributed by atoms with E-state index in [1.165, 1.54) is 4.90 Å². The van der Waals surface area contributed by atoms with Crippen LogP contribution in [0.3, 0.4) is 0 Å². The van der Waals surface area contributed by atoms with E-state index in [0.717, 1.165) is 27.8 Å². The minimum absolute atomic E-state index is 0.0359. The molecule has 0 aliphatic carbocycles. The van der Waals surface area contributed by atoms with Crippen molar-refractivity contribution in [2.45, 2.75) is 18.4 Å². The van der Waals surface area contributed by atoms with Crippen LogP contribution in [0.1, 0.15) is 5.56 Å². The summed E-state index contributed by atoms with van der Waals surface area (Å²) in [5.74, 6) is 0.389. The van der Waals surface area contributed by atoms with Gasteiger partial charge in [0.05, 0.1) is 0 Å². The van der Waals surface area contributed by atoms with Crippen LogP contribution in [-0.2, 0) is 11.3 Å². The molecule has 0 atom stereocenters. The van der Waals surface area contributed by atoms with Crippen molar-refractivity contribution in [3.63, 3.8) is 0 Å². The molecule has 0 saturated carbocycles. The molecule has 1 heterocycles. The predicted molar refractivity (Wildman–Crippen MR) is 118 cm³/mol. The van der Waals surface area contributed by atoms with Gasteiger partial charge in [0.2, 0.25) is 5.91 Å². The van der Waals surface area contributed by atoms with E-state index in [-0.39, 0.29) is 17.7 Å². The summed E-state index contributed by atoms with van der Waals surface area (Å²) in [6.45, 7) is 2.04. The summed E-state index contributed by atoms with van der Waals surface area (Å²) in [6, 6.07) is 15.0. The molecule has 3 rings (SSSR count). The number of aryl methyl sites for hydroxylation is 1. The highest BCUT2D eigenvalue weighted by Crippen LogP contribution is 2.23. The van der Waals surface area contributed by atoms with Crippen molar-refractivity contribution in [1.82, 2.24) is 19.7 Å². The minimum atomic E-state index is -0.222. The molecule has 2 amide bonds. The van der Waals surface area contributed by atoms with E-state index < -0.39 is 0 Å². The van der Waals surface area contributed by atoms with Crippen LogP contribution in [0.5, 0.6) is 0 Å². The van der Waals surface area contributed by atoms with Crippen LogP contribution in [-0.4, -0.2) is 44.9 Å². The number of aromatic amines is 1. The Kier molecular flexibility index (Phi) is 6.50. The van der Waals surface area contributed by atoms with Gasteiger partial charge >= 0.3 is 0 Å². The molecular weight excluding hydrogens is 406 g/mol. The number of anilines is 1. The lowest BCUT2D eigenvalue weighted by molar-refractivity contribution is -0.116. The van der Waals surface area contributed by atoms with Gasteiger partial charge in [-0.25, -0.2) is 0 Å². The van der Waals surface area contributed by atoms with Gasteiger partial charge in [0.15, 0.2) is 10.6 Å². The van der Waals surface area contributed by atoms with Crippen molar-refractivity contribution >= 4 is 40.8 Å². The number of amides is 2. The Hall–Kier alpha value is -2.91. The van der Waals surface area contributed by atoms with Crippen LogP contribution in [0.15, 0.2) is 53.4 Å². The number of aromatic nitrogens is 3. The maximum absolute atomic E-state index is 12.5. The lowest BCUT2D eigenvalue weighted by Crippen LogP contribution is -2.19. The summed E-state index contributed by atoms with van der Waals surface area (Å²) >= 11 is 6.42. The molecule has 0 aliphatic rings. The number of H-pyrrole nitrogens is 1. The third kappa shape index (κ3) is 5.33. The van der Waals surface area contributed by atoms with E-state index in [2.05, 4.69) is 15.5 Å². The SMILES string of the molecule is Cc1ccc(-c2n[nH]c(=S)n2CC(=O)Nc2ccc(SC(=O)N(C)C)cc2)cc1. The van der Waals surface area contributed by atoms with Crippen molar-refractivity contribution in [1.29, 1.82) is 0 Å². The van der Waals surface area contributed by atoms with Crippen molar-refractivity contribution in [2.24, 2.45) is 0 Å². The van der Waals surface area contributed by atoms with Gasteiger partial charge in [-0.05, 0) is 55.2 Å². The molecule has 2 aromatic carbocycles. The fourth-order valence-electron chi connectivity index (χ4n) is 2.53. The number of nitrogens with one attached hydrogen (secondary N) is 2. The number of thioether (sulfide) groups is 1. The standard InChI is InChI=1S/C20H21N5O2S2/c1-13-4-6-14(7-5-13)18-22-23-19(28)25(18)12-17(26)21-15-8-10-16(11-9-15)29-20(27)24(2)3/h4-11H,12H2,1-3H3,(H,21,26)(H,23,28). The van der Waals surface area contributed by atoms with Crippen LogP contribution < -0.4 is 5.32 Å². The molecule has 0 fully saturated rings. The highest BCUT2D eigenvalue weighted by Gasteiger charge is 2.13. The Bertz CT molecular complexity index is 1070. The molecule has 0 bridgehead atoms. The molecule has 0 aliphatic heterocycles. The molecule has 0 spiro atoms. The van der Waals surface area contributed by atoms with Gasteiger partial charge in [0.25, 0.3) is 5.24 Å². The normalized spacial score (nSPS) is 10.6. The Labute approximate surface area is 178 Å². The maximum atomic E-state index is 12.5. The highest BCUT2D eigenvalue weighted by molar-refractivity contribution is 8.13. The van der Waals surface area contributed by atoms with Gasteiger partial charge in [-0.1, -0.05) is 29.8 Å². The number of nitrogens with zero attached hydrogens (tertiary/aromatic N) is 3. The molecule has 29 heavy (non-hydrogen) atoms. The van der Waals surface area contributed by atoms with E-state index in [1.54, 1.807) is 42.9 Å².